The fourth-order valence-electron chi connectivity index (χ4n) is 2.56. The SMILES string of the molecule is CC(=O)CCCN1CCNCC1.CCC(C)CCCCC(C)=O. The summed E-state index contributed by atoms with van der Waals surface area (Å²) >= 11 is 0. The molecule has 0 radical (unpaired) electrons. The van der Waals surface area contributed by atoms with E-state index in [9.17, 15) is 9.59 Å². The van der Waals surface area contributed by atoms with Crippen LogP contribution in [-0.2, 0) is 9.59 Å². The van der Waals surface area contributed by atoms with Crippen molar-refractivity contribution in [2.45, 2.75) is 72.6 Å². The monoisotopic (exact) mass is 326 g/mol. The van der Waals surface area contributed by atoms with Crippen LogP contribution in [-0.4, -0.2) is 49.2 Å². The Labute approximate surface area is 143 Å². The fourth-order valence-corrected chi connectivity index (χ4v) is 2.56. The number of nitrogens with zero attached hydrogens (tertiary/aromatic N) is 1. The van der Waals surface area contributed by atoms with Gasteiger partial charge >= 0.3 is 0 Å². The summed E-state index contributed by atoms with van der Waals surface area (Å²) in [6, 6.07) is 0. The van der Waals surface area contributed by atoms with E-state index < -0.39 is 0 Å². The molecule has 1 atom stereocenters. The third kappa shape index (κ3) is 15.9. The van der Waals surface area contributed by atoms with E-state index in [0.717, 1.165) is 64.3 Å². The summed E-state index contributed by atoms with van der Waals surface area (Å²) in [5, 5.41) is 3.31. The van der Waals surface area contributed by atoms with Crippen LogP contribution < -0.4 is 5.32 Å². The van der Waals surface area contributed by atoms with Crippen molar-refractivity contribution in [3.63, 3.8) is 0 Å². The molecule has 0 aromatic heterocycles. The molecule has 1 fully saturated rings. The van der Waals surface area contributed by atoms with E-state index in [1.165, 1.54) is 19.3 Å². The van der Waals surface area contributed by atoms with Crippen LogP contribution in [0.15, 0.2) is 0 Å². The number of unbranched alkanes of at least 4 members (excludes halogenated alkanes) is 1. The molecule has 4 nitrogen and oxygen atoms in total. The highest BCUT2D eigenvalue weighted by molar-refractivity contribution is 5.75. The predicted molar refractivity (Wildman–Crippen MR) is 97.8 cm³/mol. The van der Waals surface area contributed by atoms with Gasteiger partial charge in [-0.3, -0.25) is 0 Å². The molecular weight excluding hydrogens is 288 g/mol. The first-order valence-corrected chi connectivity index (χ1v) is 9.37. The van der Waals surface area contributed by atoms with Gasteiger partial charge < -0.3 is 19.8 Å². The van der Waals surface area contributed by atoms with Gasteiger partial charge in [-0.25, -0.2) is 0 Å². The number of Topliss-reactive ketones (excluding diaryl/α,β-unsaturated/α-hetero) is 2. The number of carbonyl (C=O) groups excluding carboxylic acids is 2. The van der Waals surface area contributed by atoms with E-state index in [-0.39, 0.29) is 0 Å². The zero-order chi connectivity index (χ0) is 17.5. The minimum absolute atomic E-state index is 0.310. The predicted octanol–water partition coefficient (Wildman–Crippen LogP) is 3.44. The molecule has 1 saturated heterocycles. The highest BCUT2D eigenvalue weighted by Crippen LogP contribution is 2.11. The Bertz CT molecular complexity index is 312. The van der Waals surface area contributed by atoms with Crippen LogP contribution in [0.3, 0.4) is 0 Å². The van der Waals surface area contributed by atoms with Gasteiger partial charge in [0.15, 0.2) is 0 Å². The van der Waals surface area contributed by atoms with Gasteiger partial charge in [0, 0.05) is 39.0 Å². The van der Waals surface area contributed by atoms with E-state index >= 15 is 0 Å². The van der Waals surface area contributed by atoms with Crippen molar-refractivity contribution in [3.05, 3.63) is 0 Å². The summed E-state index contributed by atoms with van der Waals surface area (Å²) in [6.45, 7) is 13.4. The Balaban J connectivity index is 0.000000423. The number of ketones is 2. The number of hydrogen-bond acceptors (Lipinski definition) is 4. The lowest BCUT2D eigenvalue weighted by molar-refractivity contribution is -0.118. The largest absolute Gasteiger partial charge is 0.314 e. The first kappa shape index (κ1) is 22.3. The lowest BCUT2D eigenvalue weighted by atomic mass is 10.0. The van der Waals surface area contributed by atoms with Crippen molar-refractivity contribution in [3.8, 4) is 0 Å². The summed E-state index contributed by atoms with van der Waals surface area (Å²) in [7, 11) is 0. The zero-order valence-corrected chi connectivity index (χ0v) is 15.8. The molecule has 4 heteroatoms. The van der Waals surface area contributed by atoms with Gasteiger partial charge in [0.2, 0.25) is 0 Å². The van der Waals surface area contributed by atoms with Gasteiger partial charge in [-0.1, -0.05) is 33.1 Å². The normalized spacial score (nSPS) is 16.3. The molecule has 0 aliphatic carbocycles. The van der Waals surface area contributed by atoms with Crippen LogP contribution in [0.2, 0.25) is 0 Å². The van der Waals surface area contributed by atoms with Gasteiger partial charge in [0.05, 0.1) is 0 Å². The van der Waals surface area contributed by atoms with E-state index in [1.807, 2.05) is 0 Å². The third-order valence-corrected chi connectivity index (χ3v) is 4.39. The van der Waals surface area contributed by atoms with Gasteiger partial charge in [0.25, 0.3) is 0 Å². The highest BCUT2D eigenvalue weighted by atomic mass is 16.1. The van der Waals surface area contributed by atoms with Crippen LogP contribution >= 0.6 is 0 Å². The van der Waals surface area contributed by atoms with Gasteiger partial charge in [-0.15, -0.1) is 0 Å². The molecule has 136 valence electrons. The summed E-state index contributed by atoms with van der Waals surface area (Å²) in [5.74, 6) is 1.47. The minimum Gasteiger partial charge on any atom is -0.314 e. The molecule has 1 N–H and O–H groups in total. The molecule has 0 aromatic rings. The Morgan fingerprint density at radius 1 is 1.00 bits per heavy atom. The summed E-state index contributed by atoms with van der Waals surface area (Å²) in [5.41, 5.74) is 0. The van der Waals surface area contributed by atoms with Crippen LogP contribution in [0, 0.1) is 5.92 Å². The maximum absolute atomic E-state index is 10.7. The average molecular weight is 327 g/mol. The van der Waals surface area contributed by atoms with Gasteiger partial charge in [-0.2, -0.15) is 0 Å². The number of rotatable bonds is 10. The molecule has 1 aliphatic heterocycles. The second-order valence-electron chi connectivity index (χ2n) is 6.86. The molecule has 23 heavy (non-hydrogen) atoms. The second-order valence-corrected chi connectivity index (χ2v) is 6.86. The molecule has 0 aromatic carbocycles. The molecule has 1 unspecified atom stereocenters. The van der Waals surface area contributed by atoms with E-state index in [1.54, 1.807) is 13.8 Å². The van der Waals surface area contributed by atoms with Crippen LogP contribution in [0.4, 0.5) is 0 Å². The molecule has 1 rings (SSSR count). The van der Waals surface area contributed by atoms with Gasteiger partial charge in [-0.05, 0) is 39.2 Å². The zero-order valence-electron chi connectivity index (χ0n) is 15.8. The maximum atomic E-state index is 10.7. The highest BCUT2D eigenvalue weighted by Gasteiger charge is 2.08. The first-order valence-electron chi connectivity index (χ1n) is 9.37. The smallest absolute Gasteiger partial charge is 0.129 e. The topological polar surface area (TPSA) is 49.4 Å². The molecule has 0 amide bonds. The van der Waals surface area contributed by atoms with E-state index in [4.69, 9.17) is 0 Å². The Morgan fingerprint density at radius 2 is 1.57 bits per heavy atom. The minimum atomic E-state index is 0.310. The Hall–Kier alpha value is -0.740. The molecule has 1 heterocycles. The van der Waals surface area contributed by atoms with E-state index in [2.05, 4.69) is 24.1 Å². The Kier molecular flexibility index (Phi) is 14.4. The van der Waals surface area contributed by atoms with Crippen molar-refractivity contribution in [1.29, 1.82) is 0 Å². The summed E-state index contributed by atoms with van der Waals surface area (Å²) in [6.07, 6.45) is 7.38. The Morgan fingerprint density at radius 3 is 2.09 bits per heavy atom. The van der Waals surface area contributed by atoms with Crippen LogP contribution in [0.1, 0.15) is 72.6 Å². The van der Waals surface area contributed by atoms with E-state index in [0.29, 0.717) is 11.6 Å². The molecule has 1 aliphatic rings. The fraction of sp³-hybridized carbons (Fsp3) is 0.895. The molecule has 0 spiro atoms. The van der Waals surface area contributed by atoms with Gasteiger partial charge in [0.1, 0.15) is 11.6 Å². The molecule has 0 bridgehead atoms. The van der Waals surface area contributed by atoms with Crippen molar-refractivity contribution < 1.29 is 9.59 Å². The second kappa shape index (κ2) is 14.8. The van der Waals surface area contributed by atoms with Crippen molar-refractivity contribution >= 4 is 11.6 Å². The lowest BCUT2D eigenvalue weighted by Crippen LogP contribution is -2.43. The van der Waals surface area contributed by atoms with Crippen molar-refractivity contribution in [2.24, 2.45) is 5.92 Å². The molecule has 0 saturated carbocycles. The number of piperazine rings is 1. The summed E-state index contributed by atoms with van der Waals surface area (Å²) in [4.78, 5) is 23.6. The number of hydrogen-bond donors (Lipinski definition) is 1. The standard InChI is InChI=1S/C10H20O.C9H18N2O/c1-4-9(2)7-5-6-8-10(3)11;1-9(12)3-2-6-11-7-4-10-5-8-11/h9H,4-8H2,1-3H3;10H,2-8H2,1H3. The summed E-state index contributed by atoms with van der Waals surface area (Å²) < 4.78 is 0. The lowest BCUT2D eigenvalue weighted by Gasteiger charge is -2.26. The van der Waals surface area contributed by atoms with Crippen molar-refractivity contribution in [1.82, 2.24) is 10.2 Å². The quantitative estimate of drug-likeness (QED) is 0.625. The number of nitrogens with one attached hydrogen (secondary N) is 1. The van der Waals surface area contributed by atoms with Crippen LogP contribution in [0.5, 0.6) is 0 Å². The average Bonchev–Trinajstić information content (AvgIpc) is 2.52. The maximum Gasteiger partial charge on any atom is 0.129 e. The third-order valence-electron chi connectivity index (χ3n) is 4.39. The number of carbonyl (C=O) groups is 2. The van der Waals surface area contributed by atoms with Crippen LogP contribution in [0.25, 0.3) is 0 Å². The van der Waals surface area contributed by atoms with Crippen molar-refractivity contribution in [2.75, 3.05) is 32.7 Å². The first-order chi connectivity index (χ1) is 11.0. The molecular formula is C19H38N2O2.